The number of hydrogen-bond donors (Lipinski definition) is 6. The second-order valence-electron chi connectivity index (χ2n) is 14.5. The van der Waals surface area contributed by atoms with Crippen molar-refractivity contribution in [3.8, 4) is 44.5 Å². The number of rotatable bonds is 8. The van der Waals surface area contributed by atoms with Crippen molar-refractivity contribution in [2.45, 2.75) is 19.6 Å². The van der Waals surface area contributed by atoms with E-state index in [9.17, 15) is 51.9 Å². The summed E-state index contributed by atoms with van der Waals surface area (Å²) in [5, 5.41) is 0. The number of nitrogens with one attached hydrogen (secondary N) is 2. The van der Waals surface area contributed by atoms with Crippen molar-refractivity contribution in [1.82, 2.24) is 19.9 Å². The maximum absolute atomic E-state index is 12.0. The standard InChI is InChI=1S/C44H30N4O12S4.Ag/c49-61(50,51)29-9-1-25(2-10-29)41-33-17-19-35(45-33)42(26-3-11-30(12-4-26)62(52,53)54)37-21-23-39(47-37)44(28-7-15-32(16-8-28)64(58,59)60)40-24-22-38(48-40)43(36-20-18-34(41)46-36)27-5-13-31(14-6-27)63(55,56)57;/h1-24,45,48H,(H,49,50,51)(H,52,53,54)(H,55,56,57)(H,58,59,60);/q;+1. The fourth-order valence-electron chi connectivity index (χ4n) is 7.59. The number of nitrogens with zero attached hydrogens (tertiary/aromatic N) is 2. The van der Waals surface area contributed by atoms with Crippen LogP contribution in [0.1, 0.15) is 22.8 Å². The molecule has 6 N–H and O–H groups in total. The quantitative estimate of drug-likeness (QED) is 0.0617. The first-order valence-electron chi connectivity index (χ1n) is 18.7. The molecular weight excluding hydrogens is 1010 g/mol. The van der Waals surface area contributed by atoms with Gasteiger partial charge in [-0.3, -0.25) is 18.2 Å². The zero-order chi connectivity index (χ0) is 45.3. The third-order valence-corrected chi connectivity index (χ3v) is 14.0. The zero-order valence-electron chi connectivity index (χ0n) is 32.7. The van der Waals surface area contributed by atoms with Gasteiger partial charge in [0, 0.05) is 44.3 Å². The maximum Gasteiger partial charge on any atom is 1.00 e. The van der Waals surface area contributed by atoms with Crippen LogP contribution in [0, 0.1) is 0 Å². The maximum atomic E-state index is 12.0. The summed E-state index contributed by atoms with van der Waals surface area (Å²) in [6.45, 7) is 0. The van der Waals surface area contributed by atoms with E-state index in [4.69, 9.17) is 9.97 Å². The Morgan fingerprint density at radius 2 is 0.492 bits per heavy atom. The molecule has 65 heavy (non-hydrogen) atoms. The molecule has 16 nitrogen and oxygen atoms in total. The minimum Gasteiger partial charge on any atom is -0.354 e. The van der Waals surface area contributed by atoms with E-state index in [2.05, 4.69) is 9.97 Å². The number of hydrogen-bond acceptors (Lipinski definition) is 10. The molecule has 2 aliphatic heterocycles. The van der Waals surface area contributed by atoms with Crippen molar-refractivity contribution in [2.24, 2.45) is 0 Å². The molecule has 0 aliphatic carbocycles. The average molecular weight is 1040 g/mol. The molecule has 332 valence electrons. The summed E-state index contributed by atoms with van der Waals surface area (Å²) in [5.41, 5.74) is 7.41. The fraction of sp³-hybridized carbons (Fsp3) is 0. The van der Waals surface area contributed by atoms with Crippen molar-refractivity contribution < 1.29 is 74.3 Å². The molecule has 5 heterocycles. The third kappa shape index (κ3) is 8.97. The van der Waals surface area contributed by atoms with Gasteiger partial charge in [0.15, 0.2) is 0 Å². The third-order valence-electron chi connectivity index (χ3n) is 10.5. The van der Waals surface area contributed by atoms with E-state index in [1.165, 1.54) is 97.1 Å². The molecule has 3 aromatic heterocycles. The molecule has 0 saturated heterocycles. The number of H-pyrrole nitrogens is 2. The van der Waals surface area contributed by atoms with Gasteiger partial charge in [-0.1, -0.05) is 48.5 Å². The Labute approximate surface area is 386 Å². The van der Waals surface area contributed by atoms with Crippen LogP contribution in [0.4, 0.5) is 0 Å². The molecule has 9 rings (SSSR count). The predicted octanol–water partition coefficient (Wildman–Crippen LogP) is 8.31. The molecule has 2 aliphatic rings. The molecule has 7 aromatic rings. The summed E-state index contributed by atoms with van der Waals surface area (Å²) >= 11 is 0. The van der Waals surface area contributed by atoms with Crippen molar-refractivity contribution >= 4 is 86.8 Å². The molecule has 21 heteroatoms. The predicted molar refractivity (Wildman–Crippen MR) is 240 cm³/mol. The van der Waals surface area contributed by atoms with Crippen LogP contribution in [0.25, 0.3) is 90.9 Å². The molecule has 0 spiro atoms. The number of aromatic nitrogens is 4. The monoisotopic (exact) mass is 1040 g/mol. The molecule has 0 saturated carbocycles. The van der Waals surface area contributed by atoms with E-state index in [-0.39, 0.29) is 42.0 Å². The van der Waals surface area contributed by atoms with Gasteiger partial charge in [0.1, 0.15) is 0 Å². The first-order valence-corrected chi connectivity index (χ1v) is 24.5. The first kappa shape index (κ1) is 45.4. The summed E-state index contributed by atoms with van der Waals surface area (Å²) in [4.78, 5) is 15.6. The summed E-state index contributed by atoms with van der Waals surface area (Å²) in [7, 11) is -18.2. The Hall–Kier alpha value is -6.14. The van der Waals surface area contributed by atoms with Crippen LogP contribution in [0.15, 0.2) is 141 Å². The van der Waals surface area contributed by atoms with Crippen molar-refractivity contribution in [3.05, 3.63) is 144 Å². The smallest absolute Gasteiger partial charge is 0.354 e. The van der Waals surface area contributed by atoms with Gasteiger partial charge in [0.25, 0.3) is 40.5 Å². The summed E-state index contributed by atoms with van der Waals surface area (Å²) < 4.78 is 135. The molecule has 0 amide bonds. The van der Waals surface area contributed by atoms with Gasteiger partial charge < -0.3 is 9.97 Å². The van der Waals surface area contributed by atoms with Crippen LogP contribution in [0.3, 0.4) is 0 Å². The number of aromatic amines is 2. The first-order chi connectivity index (χ1) is 30.2. The van der Waals surface area contributed by atoms with Crippen LogP contribution < -0.4 is 0 Å². The molecule has 0 atom stereocenters. The van der Waals surface area contributed by atoms with Crippen LogP contribution in [-0.2, 0) is 62.9 Å². The van der Waals surface area contributed by atoms with E-state index in [0.29, 0.717) is 89.4 Å². The van der Waals surface area contributed by atoms with Gasteiger partial charge in [0.2, 0.25) is 0 Å². The van der Waals surface area contributed by atoms with E-state index in [1.807, 2.05) is 0 Å². The minimum absolute atomic E-state index is 0. The largest absolute Gasteiger partial charge is 1.00 e. The molecular formula is C44H30AgN4O12S4+. The summed E-state index contributed by atoms with van der Waals surface area (Å²) in [6, 6.07) is 29.0. The Bertz CT molecular complexity index is 3300. The molecule has 4 aromatic carbocycles. The average Bonchev–Trinajstić information content (AvgIpc) is 4.08. The summed E-state index contributed by atoms with van der Waals surface area (Å²) in [6.07, 6.45) is 6.92. The van der Waals surface area contributed by atoms with Gasteiger partial charge in [-0.2, -0.15) is 33.7 Å². The van der Waals surface area contributed by atoms with Crippen molar-refractivity contribution in [1.29, 1.82) is 0 Å². The number of fused-ring (bicyclic) bond motifs is 8. The van der Waals surface area contributed by atoms with E-state index in [1.54, 1.807) is 48.6 Å². The Kier molecular flexibility index (Phi) is 11.7. The van der Waals surface area contributed by atoms with E-state index < -0.39 is 40.5 Å². The minimum atomic E-state index is -4.55. The van der Waals surface area contributed by atoms with Gasteiger partial charge in [0.05, 0.1) is 42.4 Å². The van der Waals surface area contributed by atoms with Gasteiger partial charge >= 0.3 is 22.4 Å². The molecule has 0 radical (unpaired) electrons. The van der Waals surface area contributed by atoms with Gasteiger partial charge in [-0.15, -0.1) is 0 Å². The van der Waals surface area contributed by atoms with Crippen LogP contribution in [0.5, 0.6) is 0 Å². The van der Waals surface area contributed by atoms with Crippen molar-refractivity contribution in [3.63, 3.8) is 0 Å². The normalized spacial score (nSPS) is 12.9. The van der Waals surface area contributed by atoms with Crippen LogP contribution in [0.2, 0.25) is 0 Å². The van der Waals surface area contributed by atoms with Gasteiger partial charge in [-0.25, -0.2) is 9.97 Å². The molecule has 0 unspecified atom stereocenters. The molecule has 8 bridgehead atoms. The second-order valence-corrected chi connectivity index (χ2v) is 20.2. The fourth-order valence-corrected chi connectivity index (χ4v) is 9.51. The van der Waals surface area contributed by atoms with Crippen LogP contribution >= 0.6 is 0 Å². The van der Waals surface area contributed by atoms with Crippen LogP contribution in [-0.4, -0.2) is 71.8 Å². The SMILES string of the molecule is O=S(=O)(O)c1ccc(-c2c3nc(c(-c4ccc(S(=O)(=O)O)cc4)c4ccc([nH]4)c(-c4ccc(S(=O)(=O)O)cc4)c4nc(c(-c5ccc(S(=O)(=O)O)cc5)c5ccc2[nH]5)C=C4)C=C3)cc1.[Ag+]. The number of benzene rings is 4. The molecule has 0 fully saturated rings. The zero-order valence-corrected chi connectivity index (χ0v) is 37.5. The summed E-state index contributed by atoms with van der Waals surface area (Å²) in [5.74, 6) is 0. The Morgan fingerprint density at radius 1 is 0.308 bits per heavy atom. The van der Waals surface area contributed by atoms with Crippen molar-refractivity contribution in [2.75, 3.05) is 0 Å². The van der Waals surface area contributed by atoms with E-state index in [0.717, 1.165) is 0 Å². The topological polar surface area (TPSA) is 275 Å². The Morgan fingerprint density at radius 3 is 0.662 bits per heavy atom. The van der Waals surface area contributed by atoms with Gasteiger partial charge in [-0.05, 0) is 119 Å². The second kappa shape index (κ2) is 16.7. The Balaban J connectivity index is 0.00000576. The van der Waals surface area contributed by atoms with E-state index >= 15 is 0 Å².